The molecule has 0 spiro atoms. The molecule has 1 saturated heterocycles. The molecule has 2 aromatic rings. The highest BCUT2D eigenvalue weighted by Crippen LogP contribution is 2.39. The number of aromatic hydroxyl groups is 2. The van der Waals surface area contributed by atoms with Crippen molar-refractivity contribution in [2.45, 2.75) is 19.4 Å². The molecule has 0 aromatic heterocycles. The molecule has 27 heavy (non-hydrogen) atoms. The molecule has 0 amide bonds. The van der Waals surface area contributed by atoms with Crippen LogP contribution in [0.2, 0.25) is 0 Å². The van der Waals surface area contributed by atoms with E-state index in [1.165, 1.54) is 0 Å². The van der Waals surface area contributed by atoms with Crippen LogP contribution < -0.4 is 0 Å². The van der Waals surface area contributed by atoms with E-state index in [1.54, 1.807) is 6.07 Å². The summed E-state index contributed by atoms with van der Waals surface area (Å²) >= 11 is 0. The predicted molar refractivity (Wildman–Crippen MR) is 109 cm³/mol. The number of hydrogen-bond acceptors (Lipinski definition) is 4. The minimum absolute atomic E-state index is 0.159. The number of morpholine rings is 1. The molecule has 142 valence electrons. The largest absolute Gasteiger partial charge is 0.507 e. The minimum Gasteiger partial charge on any atom is -0.507 e. The molecule has 2 N–H and O–H groups in total. The van der Waals surface area contributed by atoms with E-state index in [-0.39, 0.29) is 11.5 Å². The number of phenols is 2. The molecule has 0 unspecified atom stereocenters. The quantitative estimate of drug-likeness (QED) is 0.727. The lowest BCUT2D eigenvalue weighted by Gasteiger charge is -2.27. The number of hydrogen-bond donors (Lipinski definition) is 2. The van der Waals surface area contributed by atoms with E-state index in [0.717, 1.165) is 29.8 Å². The summed E-state index contributed by atoms with van der Waals surface area (Å²) in [7, 11) is 0. The summed E-state index contributed by atoms with van der Waals surface area (Å²) in [5.74, 6) is 0.381. The van der Waals surface area contributed by atoms with Gasteiger partial charge in [-0.1, -0.05) is 24.3 Å². The van der Waals surface area contributed by atoms with Crippen molar-refractivity contribution in [3.63, 3.8) is 0 Å². The Balaban J connectivity index is 2.04. The van der Waals surface area contributed by atoms with Crippen LogP contribution in [0.5, 0.6) is 11.5 Å². The molecule has 3 rings (SSSR count). The van der Waals surface area contributed by atoms with E-state index in [1.807, 2.05) is 36.4 Å². The molecule has 1 heterocycles. The standard InChI is InChI=1S/C23H27NO3/c1-3-5-17-7-8-22(25)20(14-17)21-15-18(6-4-2)13-19(23(21)26)16-24-9-11-27-12-10-24/h3-4,7-8,13-15,25-26H,1-2,5-6,9-12,16H2. The summed E-state index contributed by atoms with van der Waals surface area (Å²) in [6.45, 7) is 11.4. The molecular weight excluding hydrogens is 338 g/mol. The predicted octanol–water partition coefficient (Wildman–Crippen LogP) is 4.05. The third kappa shape index (κ3) is 4.59. The lowest BCUT2D eigenvalue weighted by molar-refractivity contribution is 0.0339. The van der Waals surface area contributed by atoms with Gasteiger partial charge in [0.15, 0.2) is 0 Å². The van der Waals surface area contributed by atoms with Gasteiger partial charge < -0.3 is 14.9 Å². The SMILES string of the molecule is C=CCc1ccc(O)c(-c2cc(CC=C)cc(CN3CCOCC3)c2O)c1. The zero-order valence-electron chi connectivity index (χ0n) is 15.7. The third-order valence-electron chi connectivity index (χ3n) is 4.86. The Labute approximate surface area is 161 Å². The average molecular weight is 365 g/mol. The van der Waals surface area contributed by atoms with Gasteiger partial charge in [0.05, 0.1) is 13.2 Å². The lowest BCUT2D eigenvalue weighted by Crippen LogP contribution is -2.35. The number of ether oxygens (including phenoxy) is 1. The Morgan fingerprint density at radius 2 is 1.59 bits per heavy atom. The number of phenolic OH excluding ortho intramolecular Hbond substituents is 2. The van der Waals surface area contributed by atoms with Gasteiger partial charge in [0.2, 0.25) is 0 Å². The van der Waals surface area contributed by atoms with Crippen LogP contribution in [0.15, 0.2) is 55.6 Å². The lowest BCUT2D eigenvalue weighted by atomic mass is 9.94. The van der Waals surface area contributed by atoms with Crippen molar-refractivity contribution < 1.29 is 14.9 Å². The summed E-state index contributed by atoms with van der Waals surface area (Å²) in [6.07, 6.45) is 5.09. The first-order valence-corrected chi connectivity index (χ1v) is 9.31. The van der Waals surface area contributed by atoms with Gasteiger partial charge in [0.1, 0.15) is 11.5 Å². The average Bonchev–Trinajstić information content (AvgIpc) is 2.67. The van der Waals surface area contributed by atoms with Crippen LogP contribution in [-0.2, 0) is 24.1 Å². The highest BCUT2D eigenvalue weighted by Gasteiger charge is 2.18. The van der Waals surface area contributed by atoms with Gasteiger partial charge in [-0.05, 0) is 42.2 Å². The first kappa shape index (κ1) is 19.2. The Morgan fingerprint density at radius 1 is 0.926 bits per heavy atom. The van der Waals surface area contributed by atoms with Gasteiger partial charge in [0.25, 0.3) is 0 Å². The van der Waals surface area contributed by atoms with Crippen LogP contribution >= 0.6 is 0 Å². The maximum atomic E-state index is 11.0. The van der Waals surface area contributed by atoms with Gasteiger partial charge in [-0.15, -0.1) is 13.2 Å². The Kier molecular flexibility index (Phi) is 6.32. The Bertz CT molecular complexity index is 823. The van der Waals surface area contributed by atoms with Crippen LogP contribution in [0.25, 0.3) is 11.1 Å². The van der Waals surface area contributed by atoms with E-state index in [9.17, 15) is 10.2 Å². The number of benzene rings is 2. The zero-order valence-corrected chi connectivity index (χ0v) is 15.7. The fraction of sp³-hybridized carbons (Fsp3) is 0.304. The van der Waals surface area contributed by atoms with E-state index in [2.05, 4.69) is 18.1 Å². The summed E-state index contributed by atoms with van der Waals surface area (Å²) in [5.41, 5.74) is 4.26. The normalized spacial score (nSPS) is 14.8. The third-order valence-corrected chi connectivity index (χ3v) is 4.86. The molecule has 0 atom stereocenters. The molecule has 0 radical (unpaired) electrons. The summed E-state index contributed by atoms with van der Waals surface area (Å²) < 4.78 is 5.42. The zero-order chi connectivity index (χ0) is 19.2. The van der Waals surface area contributed by atoms with Gasteiger partial charge in [-0.3, -0.25) is 4.90 Å². The van der Waals surface area contributed by atoms with Gasteiger partial charge >= 0.3 is 0 Å². The van der Waals surface area contributed by atoms with E-state index in [4.69, 9.17) is 4.74 Å². The van der Waals surface area contributed by atoms with Crippen molar-refractivity contribution in [2.75, 3.05) is 26.3 Å². The molecule has 0 saturated carbocycles. The van der Waals surface area contributed by atoms with Crippen molar-refractivity contribution in [2.24, 2.45) is 0 Å². The molecule has 1 aliphatic rings. The summed E-state index contributed by atoms with van der Waals surface area (Å²) in [4.78, 5) is 2.27. The molecule has 4 nitrogen and oxygen atoms in total. The second kappa shape index (κ2) is 8.89. The van der Waals surface area contributed by atoms with Crippen LogP contribution in [0.3, 0.4) is 0 Å². The van der Waals surface area contributed by atoms with E-state index >= 15 is 0 Å². The van der Waals surface area contributed by atoms with Gasteiger partial charge in [-0.25, -0.2) is 0 Å². The summed E-state index contributed by atoms with van der Waals surface area (Å²) in [6, 6.07) is 9.44. The maximum absolute atomic E-state index is 11.0. The molecule has 1 fully saturated rings. The smallest absolute Gasteiger partial charge is 0.128 e. The van der Waals surface area contributed by atoms with Crippen LogP contribution in [0.4, 0.5) is 0 Å². The minimum atomic E-state index is 0.159. The van der Waals surface area contributed by atoms with Crippen molar-refractivity contribution in [1.82, 2.24) is 4.90 Å². The van der Waals surface area contributed by atoms with Crippen molar-refractivity contribution >= 4 is 0 Å². The fourth-order valence-corrected chi connectivity index (χ4v) is 3.46. The second-order valence-electron chi connectivity index (χ2n) is 6.88. The molecular formula is C23H27NO3. The van der Waals surface area contributed by atoms with Crippen molar-refractivity contribution in [3.05, 3.63) is 72.3 Å². The van der Waals surface area contributed by atoms with Crippen LogP contribution in [0, 0.1) is 0 Å². The van der Waals surface area contributed by atoms with Crippen LogP contribution in [0.1, 0.15) is 16.7 Å². The monoisotopic (exact) mass is 365 g/mol. The van der Waals surface area contributed by atoms with Gasteiger partial charge in [-0.2, -0.15) is 0 Å². The van der Waals surface area contributed by atoms with Crippen LogP contribution in [-0.4, -0.2) is 41.4 Å². The topological polar surface area (TPSA) is 52.9 Å². The number of nitrogens with zero attached hydrogens (tertiary/aromatic N) is 1. The Hall–Kier alpha value is -2.56. The number of allylic oxidation sites excluding steroid dienone is 2. The second-order valence-corrected chi connectivity index (χ2v) is 6.88. The Morgan fingerprint density at radius 3 is 2.30 bits per heavy atom. The molecule has 2 aromatic carbocycles. The fourth-order valence-electron chi connectivity index (χ4n) is 3.46. The highest BCUT2D eigenvalue weighted by molar-refractivity contribution is 5.78. The first-order valence-electron chi connectivity index (χ1n) is 9.31. The maximum Gasteiger partial charge on any atom is 0.128 e. The molecule has 4 heteroatoms. The summed E-state index contributed by atoms with van der Waals surface area (Å²) in [5, 5.41) is 21.4. The molecule has 0 bridgehead atoms. The van der Waals surface area contributed by atoms with Crippen molar-refractivity contribution in [3.8, 4) is 22.6 Å². The van der Waals surface area contributed by atoms with E-state index in [0.29, 0.717) is 43.7 Å². The molecule has 1 aliphatic heterocycles. The van der Waals surface area contributed by atoms with E-state index < -0.39 is 0 Å². The van der Waals surface area contributed by atoms with Gasteiger partial charge in [0, 0.05) is 36.3 Å². The highest BCUT2D eigenvalue weighted by atomic mass is 16.5. The number of rotatable bonds is 7. The van der Waals surface area contributed by atoms with Crippen molar-refractivity contribution in [1.29, 1.82) is 0 Å². The molecule has 0 aliphatic carbocycles. The first-order chi connectivity index (χ1) is 13.1.